The molecule has 2 N–H and O–H groups in total. The van der Waals surface area contributed by atoms with Crippen molar-refractivity contribution in [2.24, 2.45) is 0 Å². The van der Waals surface area contributed by atoms with Crippen molar-refractivity contribution in [1.29, 1.82) is 0 Å². The third-order valence-corrected chi connectivity index (χ3v) is 0. The molecule has 8 heteroatoms. The number of nitrogens with zero attached hydrogens (tertiary/aromatic N) is 2. The van der Waals surface area contributed by atoms with Crippen molar-refractivity contribution in [2.75, 3.05) is 0 Å². The minimum Gasteiger partial charge on any atom is -0.294 e. The molecule has 7 nitrogen and oxygen atoms in total. The number of hydrogen-bond donors (Lipinski definition) is 2. The Hall–Kier alpha value is -0.820. The van der Waals surface area contributed by atoms with Crippen LogP contribution in [-0.2, 0) is 10.4 Å². The van der Waals surface area contributed by atoms with Crippen molar-refractivity contribution in [2.45, 2.75) is 0 Å². The highest BCUT2D eigenvalue weighted by Crippen LogP contribution is 1.59. The SMILES string of the molecule is O=S(=O)(O)O.[N-]=[N+]=O. The van der Waals surface area contributed by atoms with Crippen LogP contribution in [0.15, 0.2) is 0 Å². The normalized spacial score (nSPS) is 8.25. The van der Waals surface area contributed by atoms with Crippen molar-refractivity contribution in [3.8, 4) is 0 Å². The van der Waals surface area contributed by atoms with E-state index in [1.54, 1.807) is 0 Å². The minimum atomic E-state index is -4.67. The second-order valence-corrected chi connectivity index (χ2v) is 1.43. The lowest BCUT2D eigenvalue weighted by Gasteiger charge is -1.68. The molecule has 0 rings (SSSR count). The smallest absolute Gasteiger partial charge is 0.294 e. The van der Waals surface area contributed by atoms with Gasteiger partial charge < -0.3 is 0 Å². The van der Waals surface area contributed by atoms with E-state index in [-0.39, 0.29) is 0 Å². The first-order chi connectivity index (χ1) is 3.41. The average molecular weight is 142 g/mol. The summed E-state index contributed by atoms with van der Waals surface area (Å²) < 4.78 is 31.6. The molecule has 0 aromatic carbocycles. The molecule has 0 saturated heterocycles. The zero-order valence-electron chi connectivity index (χ0n) is 3.42. The summed E-state index contributed by atoms with van der Waals surface area (Å²) in [6.45, 7) is 0. The summed E-state index contributed by atoms with van der Waals surface area (Å²) in [5.74, 6) is 0. The molecule has 48 valence electrons. The Labute approximate surface area is 44.4 Å². The summed E-state index contributed by atoms with van der Waals surface area (Å²) in [6.07, 6.45) is 0. The molecule has 0 fully saturated rings. The van der Waals surface area contributed by atoms with Gasteiger partial charge in [0.15, 0.2) is 4.91 Å². The van der Waals surface area contributed by atoms with Crippen molar-refractivity contribution < 1.29 is 17.5 Å². The predicted molar refractivity (Wildman–Crippen MR) is 23.0 cm³/mol. The first-order valence-corrected chi connectivity index (χ1v) is 2.48. The van der Waals surface area contributed by atoms with Crippen LogP contribution < -0.4 is 4.97 Å². The van der Waals surface area contributed by atoms with Crippen molar-refractivity contribution in [3.63, 3.8) is 0 Å². The summed E-state index contributed by atoms with van der Waals surface area (Å²) in [7, 11) is -4.67. The molecule has 0 aromatic heterocycles. The maximum absolute atomic E-state index is 8.74. The molecule has 0 atom stereocenters. The van der Waals surface area contributed by atoms with Crippen LogP contribution in [-0.4, -0.2) is 17.5 Å². The van der Waals surface area contributed by atoms with Crippen LogP contribution in [0.3, 0.4) is 0 Å². The largest absolute Gasteiger partial charge is 0.394 e. The van der Waals surface area contributed by atoms with Gasteiger partial charge in [-0.05, 0) is 0 Å². The predicted octanol–water partition coefficient (Wildman–Crippen LogP) is -0.811. The van der Waals surface area contributed by atoms with Crippen LogP contribution in [0.2, 0.25) is 0 Å². The van der Waals surface area contributed by atoms with Gasteiger partial charge in [0.2, 0.25) is 0 Å². The molecule has 0 aliphatic carbocycles. The van der Waals surface area contributed by atoms with Crippen LogP contribution >= 0.6 is 0 Å². The van der Waals surface area contributed by atoms with Gasteiger partial charge in [-0.3, -0.25) is 14.6 Å². The van der Waals surface area contributed by atoms with Gasteiger partial charge in [-0.25, -0.2) is 0 Å². The fourth-order valence-corrected chi connectivity index (χ4v) is 0. The van der Waals surface area contributed by atoms with E-state index < -0.39 is 10.4 Å². The molecular formula is H2N2O5S. The van der Waals surface area contributed by atoms with Gasteiger partial charge in [0, 0.05) is 0 Å². The van der Waals surface area contributed by atoms with E-state index in [9.17, 15) is 0 Å². The minimum absolute atomic E-state index is 1.25. The van der Waals surface area contributed by atoms with Gasteiger partial charge >= 0.3 is 10.4 Å². The first-order valence-electron chi connectivity index (χ1n) is 1.08. The zero-order chi connectivity index (χ0) is 7.21. The lowest BCUT2D eigenvalue weighted by atomic mass is 13.2. The van der Waals surface area contributed by atoms with Crippen molar-refractivity contribution in [3.05, 3.63) is 10.4 Å². The second-order valence-electron chi connectivity index (χ2n) is 0.529. The fourth-order valence-electron chi connectivity index (χ4n) is 0. The number of hydrogen-bond acceptors (Lipinski definition) is 3. The number of nitroso groups, excluding NO2 is 1. The Morgan fingerprint density at radius 1 is 1.38 bits per heavy atom. The molecule has 0 aliphatic rings. The fraction of sp³-hybridized carbons (Fsp3) is 0. The summed E-state index contributed by atoms with van der Waals surface area (Å²) in [4.78, 5) is 9.36. The summed E-state index contributed by atoms with van der Waals surface area (Å²) in [5.41, 5.74) is 6.64. The molecule has 0 unspecified atom stereocenters. The highest BCUT2D eigenvalue weighted by molar-refractivity contribution is 7.79. The molecule has 0 aromatic rings. The average Bonchev–Trinajstić information content (AvgIpc) is 1.27. The Morgan fingerprint density at radius 2 is 1.38 bits per heavy atom. The monoisotopic (exact) mass is 142 g/mol. The van der Waals surface area contributed by atoms with Gasteiger partial charge in [-0.2, -0.15) is 8.42 Å². The van der Waals surface area contributed by atoms with Crippen LogP contribution in [0.1, 0.15) is 0 Å². The third-order valence-electron chi connectivity index (χ3n) is 0. The highest BCUT2D eigenvalue weighted by atomic mass is 32.3. The van der Waals surface area contributed by atoms with E-state index in [1.165, 1.54) is 4.97 Å². The van der Waals surface area contributed by atoms with Crippen LogP contribution in [0.25, 0.3) is 5.53 Å². The second kappa shape index (κ2) is 4.34. The standard InChI is InChI=1S/N2O.H2O4S/c1-2-3;1-5(2,3)4/h;(H2,1,2,3,4). The maximum Gasteiger partial charge on any atom is 0.394 e. The Bertz CT molecular complexity index is 151. The van der Waals surface area contributed by atoms with Gasteiger partial charge in [0.05, 0.1) is 0 Å². The topological polar surface area (TPSA) is 128 Å². The van der Waals surface area contributed by atoms with E-state index in [1.807, 2.05) is 0 Å². The Morgan fingerprint density at radius 3 is 1.38 bits per heavy atom. The van der Waals surface area contributed by atoms with Crippen LogP contribution in [0.5, 0.6) is 0 Å². The zero-order valence-corrected chi connectivity index (χ0v) is 4.24. The molecule has 8 heavy (non-hydrogen) atoms. The van der Waals surface area contributed by atoms with Gasteiger partial charge in [0.1, 0.15) is 4.97 Å². The first kappa shape index (κ1) is 10.2. The highest BCUT2D eigenvalue weighted by Gasteiger charge is 1.84. The van der Waals surface area contributed by atoms with Gasteiger partial charge in [-0.15, -0.1) is 0 Å². The molecule has 0 aliphatic heterocycles. The molecule has 0 amide bonds. The molecule has 0 radical (unpaired) electrons. The van der Waals surface area contributed by atoms with Crippen LogP contribution in [0, 0.1) is 4.91 Å². The van der Waals surface area contributed by atoms with E-state index in [4.69, 9.17) is 28.0 Å². The lowest BCUT2D eigenvalue weighted by molar-refractivity contribution is 0.381. The van der Waals surface area contributed by atoms with Crippen molar-refractivity contribution >= 4 is 10.4 Å². The number of rotatable bonds is 0. The summed E-state index contributed by atoms with van der Waals surface area (Å²) >= 11 is 0. The van der Waals surface area contributed by atoms with Crippen LogP contribution in [0.4, 0.5) is 0 Å². The van der Waals surface area contributed by atoms with E-state index in [0.29, 0.717) is 0 Å². The molecule has 0 heterocycles. The Balaban J connectivity index is 0. The Kier molecular flexibility index (Phi) is 5.55. The van der Waals surface area contributed by atoms with Gasteiger partial charge in [0.25, 0.3) is 0 Å². The summed E-state index contributed by atoms with van der Waals surface area (Å²) in [6, 6.07) is 0. The lowest BCUT2D eigenvalue weighted by Crippen LogP contribution is -1.89. The third kappa shape index (κ3) is 135. The van der Waals surface area contributed by atoms with E-state index in [2.05, 4.69) is 0 Å². The van der Waals surface area contributed by atoms with Gasteiger partial charge in [-0.1, -0.05) is 0 Å². The molecule has 0 spiro atoms. The molecule has 0 bridgehead atoms. The quantitative estimate of drug-likeness (QED) is 0.259. The van der Waals surface area contributed by atoms with Crippen molar-refractivity contribution in [1.82, 2.24) is 4.97 Å². The van der Waals surface area contributed by atoms with E-state index >= 15 is 0 Å². The molecular weight excluding hydrogens is 140 g/mol. The maximum atomic E-state index is 8.74. The van der Waals surface area contributed by atoms with E-state index in [0.717, 1.165) is 0 Å². The summed E-state index contributed by atoms with van der Waals surface area (Å²) in [5, 5.41) is 0. The molecule has 0 saturated carbocycles.